The van der Waals surface area contributed by atoms with E-state index in [1.165, 1.54) is 43.0 Å². The van der Waals surface area contributed by atoms with E-state index in [-0.39, 0.29) is 17.3 Å². The van der Waals surface area contributed by atoms with E-state index in [1.807, 2.05) is 31.2 Å². The van der Waals surface area contributed by atoms with Crippen molar-refractivity contribution in [3.8, 4) is 11.4 Å². The van der Waals surface area contributed by atoms with Crippen LogP contribution in [0.25, 0.3) is 5.69 Å². The van der Waals surface area contributed by atoms with Gasteiger partial charge < -0.3 is 10.1 Å². The van der Waals surface area contributed by atoms with Crippen molar-refractivity contribution in [1.82, 2.24) is 29.8 Å². The maximum atomic E-state index is 12.4. The Hall–Kier alpha value is -3.31. The molecule has 0 atom stereocenters. The van der Waals surface area contributed by atoms with Crippen LogP contribution in [-0.4, -0.2) is 59.5 Å². The molecule has 0 unspecified atom stereocenters. The van der Waals surface area contributed by atoms with Crippen LogP contribution in [0.4, 0.5) is 0 Å². The van der Waals surface area contributed by atoms with Crippen LogP contribution in [0.5, 0.6) is 5.75 Å². The van der Waals surface area contributed by atoms with E-state index in [0.29, 0.717) is 18.0 Å². The first-order chi connectivity index (χ1) is 14.3. The van der Waals surface area contributed by atoms with Crippen LogP contribution in [0.3, 0.4) is 0 Å². The van der Waals surface area contributed by atoms with Gasteiger partial charge in [0.05, 0.1) is 23.7 Å². The van der Waals surface area contributed by atoms with E-state index in [1.54, 1.807) is 0 Å². The van der Waals surface area contributed by atoms with Crippen molar-refractivity contribution in [2.45, 2.75) is 18.4 Å². The summed E-state index contributed by atoms with van der Waals surface area (Å²) in [6.45, 7) is 2.57. The molecular formula is C19H22N6O4S. The minimum Gasteiger partial charge on any atom is -0.494 e. The van der Waals surface area contributed by atoms with Gasteiger partial charge in [0.15, 0.2) is 5.82 Å². The molecule has 1 amide bonds. The highest BCUT2D eigenvalue weighted by atomic mass is 32.2. The lowest BCUT2D eigenvalue weighted by Crippen LogP contribution is -2.25. The lowest BCUT2D eigenvalue weighted by molar-refractivity contribution is 0.0949. The third-order valence-electron chi connectivity index (χ3n) is 4.23. The molecule has 1 aromatic heterocycles. The molecule has 3 aromatic rings. The zero-order valence-electron chi connectivity index (χ0n) is 16.8. The predicted molar refractivity (Wildman–Crippen MR) is 109 cm³/mol. The number of sulfonamides is 1. The fourth-order valence-electron chi connectivity index (χ4n) is 2.62. The van der Waals surface area contributed by atoms with Gasteiger partial charge >= 0.3 is 0 Å². The third-order valence-corrected chi connectivity index (χ3v) is 6.06. The SMILES string of the molecule is CCOc1ccc(-n2nnnc2CNC(=O)c2ccc(S(=O)(=O)N(C)C)cc2)cc1. The summed E-state index contributed by atoms with van der Waals surface area (Å²) in [5, 5.41) is 14.3. The number of amides is 1. The quantitative estimate of drug-likeness (QED) is 0.571. The van der Waals surface area contributed by atoms with Crippen LogP contribution >= 0.6 is 0 Å². The fraction of sp³-hybridized carbons (Fsp3) is 0.263. The predicted octanol–water partition coefficient (Wildman–Crippen LogP) is 1.24. The van der Waals surface area contributed by atoms with Gasteiger partial charge in [-0.25, -0.2) is 12.7 Å². The van der Waals surface area contributed by atoms with Gasteiger partial charge in [-0.1, -0.05) is 0 Å². The van der Waals surface area contributed by atoms with Gasteiger partial charge in [-0.2, -0.15) is 4.68 Å². The minimum absolute atomic E-state index is 0.0940. The maximum absolute atomic E-state index is 12.4. The molecule has 1 heterocycles. The number of hydrogen-bond donors (Lipinski definition) is 1. The van der Waals surface area contributed by atoms with Gasteiger partial charge in [0, 0.05) is 19.7 Å². The number of hydrogen-bond acceptors (Lipinski definition) is 7. The Morgan fingerprint density at radius 3 is 2.37 bits per heavy atom. The van der Waals surface area contributed by atoms with Gasteiger partial charge in [0.1, 0.15) is 5.75 Å². The van der Waals surface area contributed by atoms with Crippen LogP contribution < -0.4 is 10.1 Å². The van der Waals surface area contributed by atoms with E-state index in [4.69, 9.17) is 4.74 Å². The van der Waals surface area contributed by atoms with Crippen molar-refractivity contribution in [3.05, 3.63) is 59.9 Å². The van der Waals surface area contributed by atoms with Gasteiger partial charge in [0.2, 0.25) is 10.0 Å². The molecule has 0 saturated heterocycles. The number of ether oxygens (including phenoxy) is 1. The third kappa shape index (κ3) is 4.63. The molecule has 0 saturated carbocycles. The molecule has 10 nitrogen and oxygen atoms in total. The van der Waals surface area contributed by atoms with Gasteiger partial charge in [-0.05, 0) is 65.9 Å². The zero-order valence-corrected chi connectivity index (χ0v) is 17.6. The number of benzene rings is 2. The van der Waals surface area contributed by atoms with E-state index in [0.717, 1.165) is 15.7 Å². The standard InChI is InChI=1S/C19H22N6O4S/c1-4-29-16-9-7-15(8-10-16)25-18(21-22-23-25)13-20-19(26)14-5-11-17(12-6-14)30(27,28)24(2)3/h5-12H,4,13H2,1-3H3,(H,20,26). The number of carbonyl (C=O) groups excluding carboxylic acids is 1. The molecule has 0 spiro atoms. The molecule has 0 aliphatic heterocycles. The topological polar surface area (TPSA) is 119 Å². The first-order valence-electron chi connectivity index (χ1n) is 9.14. The highest BCUT2D eigenvalue weighted by Crippen LogP contribution is 2.16. The Balaban J connectivity index is 1.68. The number of nitrogens with zero attached hydrogens (tertiary/aromatic N) is 5. The van der Waals surface area contributed by atoms with Crippen molar-refractivity contribution in [3.63, 3.8) is 0 Å². The molecule has 11 heteroatoms. The van der Waals surface area contributed by atoms with E-state index in [9.17, 15) is 13.2 Å². The molecule has 0 fully saturated rings. The fourth-order valence-corrected chi connectivity index (χ4v) is 3.52. The van der Waals surface area contributed by atoms with E-state index < -0.39 is 10.0 Å². The molecule has 30 heavy (non-hydrogen) atoms. The van der Waals surface area contributed by atoms with Gasteiger partial charge in [0.25, 0.3) is 5.91 Å². The summed E-state index contributed by atoms with van der Waals surface area (Å²) in [5.74, 6) is 0.813. The summed E-state index contributed by atoms with van der Waals surface area (Å²) in [4.78, 5) is 12.5. The second-order valence-electron chi connectivity index (χ2n) is 6.43. The van der Waals surface area contributed by atoms with Crippen LogP contribution in [-0.2, 0) is 16.6 Å². The van der Waals surface area contributed by atoms with Crippen LogP contribution in [0, 0.1) is 0 Å². The Kier molecular flexibility index (Phi) is 6.43. The largest absolute Gasteiger partial charge is 0.494 e. The Labute approximate surface area is 174 Å². The van der Waals surface area contributed by atoms with Crippen molar-refractivity contribution in [2.24, 2.45) is 0 Å². The lowest BCUT2D eigenvalue weighted by atomic mass is 10.2. The normalized spacial score (nSPS) is 11.5. The average molecular weight is 430 g/mol. The molecule has 3 rings (SSSR count). The molecule has 158 valence electrons. The van der Waals surface area contributed by atoms with Crippen LogP contribution in [0.1, 0.15) is 23.1 Å². The molecule has 2 aromatic carbocycles. The second-order valence-corrected chi connectivity index (χ2v) is 8.58. The maximum Gasteiger partial charge on any atom is 0.251 e. The van der Waals surface area contributed by atoms with Crippen molar-refractivity contribution in [1.29, 1.82) is 0 Å². The van der Waals surface area contributed by atoms with E-state index in [2.05, 4.69) is 20.8 Å². The number of tetrazole rings is 1. The highest BCUT2D eigenvalue weighted by molar-refractivity contribution is 7.89. The number of nitrogens with one attached hydrogen (secondary N) is 1. The summed E-state index contributed by atoms with van der Waals surface area (Å²) in [6.07, 6.45) is 0. The highest BCUT2D eigenvalue weighted by Gasteiger charge is 2.18. The number of carbonyl (C=O) groups is 1. The molecular weight excluding hydrogens is 408 g/mol. The summed E-state index contributed by atoms with van der Waals surface area (Å²) >= 11 is 0. The Bertz CT molecular complexity index is 1110. The number of aromatic nitrogens is 4. The van der Waals surface area contributed by atoms with Gasteiger partial charge in [-0.3, -0.25) is 4.79 Å². The summed E-state index contributed by atoms with van der Waals surface area (Å²) in [6, 6.07) is 13.0. The average Bonchev–Trinajstić information content (AvgIpc) is 3.21. The zero-order chi connectivity index (χ0) is 21.7. The van der Waals surface area contributed by atoms with Crippen LogP contribution in [0.2, 0.25) is 0 Å². The molecule has 0 radical (unpaired) electrons. The van der Waals surface area contributed by atoms with Crippen molar-refractivity contribution in [2.75, 3.05) is 20.7 Å². The first kappa shape index (κ1) is 21.4. The number of rotatable bonds is 8. The molecule has 1 N–H and O–H groups in total. The molecule has 0 aliphatic rings. The van der Waals surface area contributed by atoms with Gasteiger partial charge in [-0.15, -0.1) is 5.10 Å². The van der Waals surface area contributed by atoms with E-state index >= 15 is 0 Å². The monoisotopic (exact) mass is 430 g/mol. The summed E-state index contributed by atoms with van der Waals surface area (Å²) in [7, 11) is -0.650. The Morgan fingerprint density at radius 1 is 1.10 bits per heavy atom. The summed E-state index contributed by atoms with van der Waals surface area (Å²) < 4.78 is 32.3. The van der Waals surface area contributed by atoms with Crippen molar-refractivity contribution >= 4 is 15.9 Å². The van der Waals surface area contributed by atoms with Crippen molar-refractivity contribution < 1.29 is 17.9 Å². The second kappa shape index (κ2) is 9.01. The summed E-state index contributed by atoms with van der Waals surface area (Å²) in [5.41, 5.74) is 1.05. The van der Waals surface area contributed by atoms with Crippen LogP contribution in [0.15, 0.2) is 53.4 Å². The Morgan fingerprint density at radius 2 is 1.77 bits per heavy atom. The molecule has 0 bridgehead atoms. The molecule has 0 aliphatic carbocycles. The first-order valence-corrected chi connectivity index (χ1v) is 10.6. The lowest BCUT2D eigenvalue weighted by Gasteiger charge is -2.11. The smallest absolute Gasteiger partial charge is 0.251 e. The minimum atomic E-state index is -3.55.